The van der Waals surface area contributed by atoms with E-state index in [0.717, 1.165) is 0 Å². The topological polar surface area (TPSA) is 104 Å². The molecule has 0 aliphatic carbocycles. The zero-order valence-electron chi connectivity index (χ0n) is 9.57. The van der Waals surface area contributed by atoms with E-state index in [4.69, 9.17) is 14.9 Å². The summed E-state index contributed by atoms with van der Waals surface area (Å²) < 4.78 is 11.7. The maximum atomic E-state index is 5.75. The standard InChI is InChI=1S/C10H10N6O2/c1-2-17-10-13-8(11)16-9(14-10)12-7(15-16)6-4-3-5-18-6/h3-5H,2H2,1H3,(H2,11,12,13,14,15). The summed E-state index contributed by atoms with van der Waals surface area (Å²) in [6, 6.07) is 3.68. The summed E-state index contributed by atoms with van der Waals surface area (Å²) >= 11 is 0. The summed E-state index contributed by atoms with van der Waals surface area (Å²) in [5, 5.41) is 4.16. The summed E-state index contributed by atoms with van der Waals surface area (Å²) in [5.74, 6) is 1.42. The van der Waals surface area contributed by atoms with Crippen LogP contribution < -0.4 is 10.5 Å². The second-order valence-corrected chi connectivity index (χ2v) is 3.42. The molecule has 0 unspecified atom stereocenters. The molecule has 2 N–H and O–H groups in total. The van der Waals surface area contributed by atoms with E-state index in [1.165, 1.54) is 4.52 Å². The molecule has 3 rings (SSSR count). The van der Waals surface area contributed by atoms with E-state index in [1.54, 1.807) is 18.4 Å². The molecule has 0 aliphatic heterocycles. The van der Waals surface area contributed by atoms with Crippen LogP contribution in [0.4, 0.5) is 5.95 Å². The van der Waals surface area contributed by atoms with Gasteiger partial charge in [0.2, 0.25) is 11.8 Å². The highest BCUT2D eigenvalue weighted by atomic mass is 16.5. The van der Waals surface area contributed by atoms with Gasteiger partial charge in [0, 0.05) is 0 Å². The molecule has 0 atom stereocenters. The Bertz CT molecular complexity index is 675. The molecule has 0 saturated carbocycles. The number of furan rings is 1. The van der Waals surface area contributed by atoms with E-state index >= 15 is 0 Å². The Morgan fingerprint density at radius 1 is 1.39 bits per heavy atom. The molecule has 0 spiro atoms. The molecule has 0 amide bonds. The van der Waals surface area contributed by atoms with Gasteiger partial charge in [0.1, 0.15) is 0 Å². The van der Waals surface area contributed by atoms with Crippen molar-refractivity contribution in [3.8, 4) is 17.6 Å². The van der Waals surface area contributed by atoms with Gasteiger partial charge in [-0.1, -0.05) is 0 Å². The number of rotatable bonds is 3. The molecule has 8 nitrogen and oxygen atoms in total. The van der Waals surface area contributed by atoms with Crippen molar-refractivity contribution in [3.05, 3.63) is 18.4 Å². The van der Waals surface area contributed by atoms with E-state index < -0.39 is 0 Å². The number of nitrogens with two attached hydrogens (primary N) is 1. The molecule has 3 aromatic heterocycles. The predicted molar refractivity (Wildman–Crippen MR) is 61.9 cm³/mol. The molecule has 92 valence electrons. The van der Waals surface area contributed by atoms with Crippen LogP contribution in [0.25, 0.3) is 17.4 Å². The Morgan fingerprint density at radius 2 is 2.28 bits per heavy atom. The molecule has 3 aromatic rings. The van der Waals surface area contributed by atoms with Gasteiger partial charge in [0.25, 0.3) is 5.78 Å². The highest BCUT2D eigenvalue weighted by molar-refractivity contribution is 5.51. The molecule has 0 aromatic carbocycles. The fraction of sp³-hybridized carbons (Fsp3) is 0.200. The Balaban J connectivity index is 2.14. The fourth-order valence-corrected chi connectivity index (χ4v) is 1.49. The van der Waals surface area contributed by atoms with Gasteiger partial charge < -0.3 is 14.9 Å². The second kappa shape index (κ2) is 3.99. The predicted octanol–water partition coefficient (Wildman–Crippen LogP) is 0.760. The van der Waals surface area contributed by atoms with Crippen LogP contribution in [0.3, 0.4) is 0 Å². The number of anilines is 1. The van der Waals surface area contributed by atoms with Crippen molar-refractivity contribution in [3.63, 3.8) is 0 Å². The van der Waals surface area contributed by atoms with Crippen molar-refractivity contribution in [2.45, 2.75) is 6.92 Å². The van der Waals surface area contributed by atoms with Crippen LogP contribution >= 0.6 is 0 Å². The Labute approximate surface area is 101 Å². The molecule has 0 saturated heterocycles. The molecule has 0 aliphatic rings. The third-order valence-corrected chi connectivity index (χ3v) is 2.23. The van der Waals surface area contributed by atoms with Crippen molar-refractivity contribution in [2.75, 3.05) is 12.3 Å². The van der Waals surface area contributed by atoms with E-state index in [1.807, 2.05) is 6.92 Å². The van der Waals surface area contributed by atoms with Crippen LogP contribution in [-0.4, -0.2) is 31.2 Å². The third-order valence-electron chi connectivity index (χ3n) is 2.23. The summed E-state index contributed by atoms with van der Waals surface area (Å²) in [4.78, 5) is 12.3. The molecule has 3 heterocycles. The van der Waals surface area contributed by atoms with Gasteiger partial charge >= 0.3 is 6.01 Å². The first-order valence-corrected chi connectivity index (χ1v) is 5.35. The van der Waals surface area contributed by atoms with Crippen molar-refractivity contribution in [1.29, 1.82) is 0 Å². The average Bonchev–Trinajstić information content (AvgIpc) is 2.97. The lowest BCUT2D eigenvalue weighted by Gasteiger charge is -2.01. The number of aromatic nitrogens is 5. The molecule has 0 radical (unpaired) electrons. The minimum Gasteiger partial charge on any atom is -0.464 e. The molecular formula is C10H10N6O2. The van der Waals surface area contributed by atoms with Crippen LogP contribution in [-0.2, 0) is 0 Å². The summed E-state index contributed by atoms with van der Waals surface area (Å²) in [7, 11) is 0. The quantitative estimate of drug-likeness (QED) is 0.727. The van der Waals surface area contributed by atoms with Gasteiger partial charge in [0.15, 0.2) is 5.76 Å². The van der Waals surface area contributed by atoms with Gasteiger partial charge in [-0.05, 0) is 19.1 Å². The van der Waals surface area contributed by atoms with Gasteiger partial charge in [-0.3, -0.25) is 0 Å². The zero-order chi connectivity index (χ0) is 12.5. The van der Waals surface area contributed by atoms with Crippen LogP contribution in [0, 0.1) is 0 Å². The number of fused-ring (bicyclic) bond motifs is 1. The Kier molecular flexibility index (Phi) is 2.33. The first-order valence-electron chi connectivity index (χ1n) is 5.35. The second-order valence-electron chi connectivity index (χ2n) is 3.42. The number of nitrogens with zero attached hydrogens (tertiary/aromatic N) is 5. The van der Waals surface area contributed by atoms with Crippen LogP contribution in [0.15, 0.2) is 22.8 Å². The zero-order valence-corrected chi connectivity index (χ0v) is 9.57. The minimum absolute atomic E-state index is 0.161. The number of nitrogen functional groups attached to an aromatic ring is 1. The molecular weight excluding hydrogens is 236 g/mol. The normalized spacial score (nSPS) is 10.9. The minimum atomic E-state index is 0.161. The first-order chi connectivity index (χ1) is 8.78. The Hall–Kier alpha value is -2.64. The van der Waals surface area contributed by atoms with Crippen LogP contribution in [0.5, 0.6) is 6.01 Å². The van der Waals surface area contributed by atoms with Gasteiger partial charge in [-0.2, -0.15) is 19.5 Å². The van der Waals surface area contributed by atoms with Gasteiger partial charge in [-0.15, -0.1) is 5.10 Å². The van der Waals surface area contributed by atoms with Crippen molar-refractivity contribution < 1.29 is 9.15 Å². The molecule has 0 fully saturated rings. The van der Waals surface area contributed by atoms with Crippen molar-refractivity contribution in [2.24, 2.45) is 0 Å². The number of ether oxygens (including phenoxy) is 1. The van der Waals surface area contributed by atoms with E-state index in [0.29, 0.717) is 24.0 Å². The van der Waals surface area contributed by atoms with E-state index in [9.17, 15) is 0 Å². The molecule has 8 heteroatoms. The average molecular weight is 246 g/mol. The highest BCUT2D eigenvalue weighted by Crippen LogP contribution is 2.17. The van der Waals surface area contributed by atoms with Gasteiger partial charge in [-0.25, -0.2) is 0 Å². The van der Waals surface area contributed by atoms with E-state index in [2.05, 4.69) is 20.1 Å². The van der Waals surface area contributed by atoms with Crippen molar-refractivity contribution in [1.82, 2.24) is 24.6 Å². The fourth-order valence-electron chi connectivity index (χ4n) is 1.49. The SMILES string of the molecule is CCOc1nc(N)n2nc(-c3ccco3)nc2n1. The lowest BCUT2D eigenvalue weighted by atomic mass is 10.4. The smallest absolute Gasteiger partial charge is 0.323 e. The highest BCUT2D eigenvalue weighted by Gasteiger charge is 2.13. The monoisotopic (exact) mass is 246 g/mol. The Morgan fingerprint density at radius 3 is 3.00 bits per heavy atom. The molecule has 18 heavy (non-hydrogen) atoms. The lowest BCUT2D eigenvalue weighted by molar-refractivity contribution is 0.312. The maximum absolute atomic E-state index is 5.75. The lowest BCUT2D eigenvalue weighted by Crippen LogP contribution is -2.07. The summed E-state index contributed by atoms with van der Waals surface area (Å²) in [6.07, 6.45) is 1.54. The van der Waals surface area contributed by atoms with E-state index in [-0.39, 0.29) is 12.0 Å². The maximum Gasteiger partial charge on any atom is 0.323 e. The first kappa shape index (κ1) is 10.5. The summed E-state index contributed by atoms with van der Waals surface area (Å²) in [5.41, 5.74) is 5.75. The largest absolute Gasteiger partial charge is 0.464 e. The van der Waals surface area contributed by atoms with Crippen LogP contribution in [0.1, 0.15) is 6.92 Å². The van der Waals surface area contributed by atoms with Crippen molar-refractivity contribution >= 4 is 11.7 Å². The third kappa shape index (κ3) is 1.63. The van der Waals surface area contributed by atoms with Crippen LogP contribution in [0.2, 0.25) is 0 Å². The number of hydrogen-bond acceptors (Lipinski definition) is 7. The van der Waals surface area contributed by atoms with Gasteiger partial charge in [0.05, 0.1) is 12.9 Å². The summed E-state index contributed by atoms with van der Waals surface area (Å²) in [6.45, 7) is 2.29. The number of hydrogen-bond donors (Lipinski definition) is 1. The molecule has 0 bridgehead atoms.